The standard InChI is InChI=1S/C20H23NO6/c1-3-25-19(23)18(20(24)26-4-2)21-17(22)10-14-11-27-16-9-13-7-5-6-12(13)8-15(14)16/h8-9,11,18H,3-7,10H2,1-2H3,(H,21,22). The third kappa shape index (κ3) is 4.13. The van der Waals surface area contributed by atoms with Crippen LogP contribution in [-0.2, 0) is 43.1 Å². The summed E-state index contributed by atoms with van der Waals surface area (Å²) in [5.41, 5.74) is 4.02. The fourth-order valence-corrected chi connectivity index (χ4v) is 3.34. The summed E-state index contributed by atoms with van der Waals surface area (Å²) < 4.78 is 15.3. The van der Waals surface area contributed by atoms with Crippen LogP contribution in [0.1, 0.15) is 37.0 Å². The van der Waals surface area contributed by atoms with Crippen LogP contribution >= 0.6 is 0 Å². The van der Waals surface area contributed by atoms with Crippen molar-refractivity contribution in [2.24, 2.45) is 0 Å². The Kier molecular flexibility index (Phi) is 5.78. The Labute approximate surface area is 157 Å². The molecule has 7 heteroatoms. The molecule has 0 radical (unpaired) electrons. The summed E-state index contributed by atoms with van der Waals surface area (Å²) in [6.45, 7) is 3.44. The minimum atomic E-state index is -1.47. The summed E-state index contributed by atoms with van der Waals surface area (Å²) in [5, 5.41) is 3.30. The van der Waals surface area contributed by atoms with Crippen molar-refractivity contribution in [1.29, 1.82) is 0 Å². The van der Waals surface area contributed by atoms with Crippen LogP contribution in [-0.4, -0.2) is 37.1 Å². The van der Waals surface area contributed by atoms with E-state index in [9.17, 15) is 14.4 Å². The lowest BCUT2D eigenvalue weighted by atomic mass is 10.0. The summed E-state index contributed by atoms with van der Waals surface area (Å²) in [5.74, 6) is -2.15. The number of hydrogen-bond donors (Lipinski definition) is 1. The second-order valence-electron chi connectivity index (χ2n) is 6.41. The lowest BCUT2D eigenvalue weighted by molar-refractivity contribution is -0.159. The molecule has 1 amide bonds. The average Bonchev–Trinajstić information content (AvgIpc) is 3.24. The molecular weight excluding hydrogens is 350 g/mol. The molecule has 1 aliphatic carbocycles. The number of carbonyl (C=O) groups excluding carboxylic acids is 3. The molecule has 1 N–H and O–H groups in total. The summed E-state index contributed by atoms with van der Waals surface area (Å²) in [7, 11) is 0. The van der Waals surface area contributed by atoms with Crippen molar-refractivity contribution < 1.29 is 28.3 Å². The number of rotatable bonds is 7. The van der Waals surface area contributed by atoms with Gasteiger partial charge < -0.3 is 19.2 Å². The highest BCUT2D eigenvalue weighted by Crippen LogP contribution is 2.30. The van der Waals surface area contributed by atoms with Crippen LogP contribution < -0.4 is 5.32 Å². The Bertz CT molecular complexity index is 851. The third-order valence-corrected chi connectivity index (χ3v) is 4.57. The molecule has 1 aliphatic rings. The molecule has 0 unspecified atom stereocenters. The predicted octanol–water partition coefficient (Wildman–Crippen LogP) is 2.08. The summed E-state index contributed by atoms with van der Waals surface area (Å²) in [4.78, 5) is 36.4. The van der Waals surface area contributed by atoms with Crippen LogP contribution in [0.3, 0.4) is 0 Å². The summed E-state index contributed by atoms with van der Waals surface area (Å²) in [6.07, 6.45) is 4.72. The predicted molar refractivity (Wildman–Crippen MR) is 97.1 cm³/mol. The molecule has 3 rings (SSSR count). The lowest BCUT2D eigenvalue weighted by Crippen LogP contribution is -2.48. The molecule has 2 aromatic rings. The molecule has 0 saturated carbocycles. The van der Waals surface area contributed by atoms with Gasteiger partial charge in [0.05, 0.1) is 25.9 Å². The first kappa shape index (κ1) is 18.9. The zero-order chi connectivity index (χ0) is 19.4. The summed E-state index contributed by atoms with van der Waals surface area (Å²) >= 11 is 0. The number of fused-ring (bicyclic) bond motifs is 2. The first-order chi connectivity index (χ1) is 13.0. The maximum absolute atomic E-state index is 12.4. The zero-order valence-corrected chi connectivity index (χ0v) is 15.5. The van der Waals surface area contributed by atoms with E-state index in [1.807, 2.05) is 6.07 Å². The van der Waals surface area contributed by atoms with Gasteiger partial charge in [0, 0.05) is 10.9 Å². The van der Waals surface area contributed by atoms with Crippen molar-refractivity contribution >= 4 is 28.8 Å². The second kappa shape index (κ2) is 8.24. The Hall–Kier alpha value is -2.83. The molecule has 0 spiro atoms. The highest BCUT2D eigenvalue weighted by Gasteiger charge is 2.31. The lowest BCUT2D eigenvalue weighted by Gasteiger charge is -2.15. The fraction of sp³-hybridized carbons (Fsp3) is 0.450. The average molecular weight is 373 g/mol. The van der Waals surface area contributed by atoms with Crippen molar-refractivity contribution in [3.05, 3.63) is 35.1 Å². The molecule has 0 bridgehead atoms. The van der Waals surface area contributed by atoms with Gasteiger partial charge in [0.2, 0.25) is 11.9 Å². The maximum atomic E-state index is 12.4. The van der Waals surface area contributed by atoms with Crippen LogP contribution in [0.4, 0.5) is 0 Å². The van der Waals surface area contributed by atoms with Crippen LogP contribution in [0, 0.1) is 0 Å². The Morgan fingerprint density at radius 3 is 2.33 bits per heavy atom. The van der Waals surface area contributed by atoms with Crippen molar-refractivity contribution in [3.63, 3.8) is 0 Å². The fourth-order valence-electron chi connectivity index (χ4n) is 3.34. The van der Waals surface area contributed by atoms with Gasteiger partial charge >= 0.3 is 11.9 Å². The number of carbonyl (C=O) groups is 3. The number of ether oxygens (including phenoxy) is 2. The Morgan fingerprint density at radius 2 is 1.70 bits per heavy atom. The van der Waals surface area contributed by atoms with Gasteiger partial charge in [-0.1, -0.05) is 0 Å². The highest BCUT2D eigenvalue weighted by molar-refractivity contribution is 6.03. The molecule has 0 atom stereocenters. The number of benzene rings is 1. The Morgan fingerprint density at radius 1 is 1.07 bits per heavy atom. The number of furan rings is 1. The van der Waals surface area contributed by atoms with E-state index in [0.717, 1.165) is 30.2 Å². The van der Waals surface area contributed by atoms with Crippen LogP contribution in [0.2, 0.25) is 0 Å². The van der Waals surface area contributed by atoms with Crippen molar-refractivity contribution in [2.75, 3.05) is 13.2 Å². The minimum absolute atomic E-state index is 0.0128. The SMILES string of the molecule is CCOC(=O)C(NC(=O)Cc1coc2cc3c(cc12)CCC3)C(=O)OCC. The quantitative estimate of drug-likeness (QED) is 0.590. The molecule has 27 heavy (non-hydrogen) atoms. The van der Waals surface area contributed by atoms with E-state index in [1.165, 1.54) is 11.1 Å². The smallest absolute Gasteiger partial charge is 0.340 e. The molecule has 144 valence electrons. The van der Waals surface area contributed by atoms with E-state index in [2.05, 4.69) is 11.4 Å². The molecular formula is C20H23NO6. The highest BCUT2D eigenvalue weighted by atomic mass is 16.6. The van der Waals surface area contributed by atoms with Gasteiger partial charge in [-0.25, -0.2) is 9.59 Å². The van der Waals surface area contributed by atoms with E-state index in [-0.39, 0.29) is 19.6 Å². The minimum Gasteiger partial charge on any atom is -0.464 e. The van der Waals surface area contributed by atoms with E-state index in [1.54, 1.807) is 20.1 Å². The van der Waals surface area contributed by atoms with Gasteiger partial charge in [0.1, 0.15) is 5.58 Å². The Balaban J connectivity index is 1.74. The van der Waals surface area contributed by atoms with Crippen molar-refractivity contribution in [3.8, 4) is 0 Å². The van der Waals surface area contributed by atoms with Gasteiger partial charge in [-0.3, -0.25) is 4.79 Å². The monoisotopic (exact) mass is 373 g/mol. The van der Waals surface area contributed by atoms with Gasteiger partial charge in [0.25, 0.3) is 0 Å². The number of esters is 2. The normalized spacial score (nSPS) is 12.9. The van der Waals surface area contributed by atoms with E-state index in [0.29, 0.717) is 5.56 Å². The second-order valence-corrected chi connectivity index (χ2v) is 6.41. The van der Waals surface area contributed by atoms with Gasteiger partial charge in [0.15, 0.2) is 0 Å². The van der Waals surface area contributed by atoms with E-state index in [4.69, 9.17) is 13.9 Å². The molecule has 0 fully saturated rings. The van der Waals surface area contributed by atoms with Gasteiger partial charge in [-0.15, -0.1) is 0 Å². The first-order valence-corrected chi connectivity index (χ1v) is 9.18. The van der Waals surface area contributed by atoms with Crippen LogP contribution in [0.15, 0.2) is 22.8 Å². The molecule has 1 heterocycles. The molecule has 0 saturated heterocycles. The topological polar surface area (TPSA) is 94.8 Å². The number of amides is 1. The number of aryl methyl sites for hydroxylation is 2. The molecule has 7 nitrogen and oxygen atoms in total. The third-order valence-electron chi connectivity index (χ3n) is 4.57. The summed E-state index contributed by atoms with van der Waals surface area (Å²) in [6, 6.07) is 2.62. The van der Waals surface area contributed by atoms with E-state index < -0.39 is 23.9 Å². The zero-order valence-electron chi connectivity index (χ0n) is 15.5. The number of hydrogen-bond acceptors (Lipinski definition) is 6. The molecule has 1 aromatic carbocycles. The van der Waals surface area contributed by atoms with Crippen LogP contribution in [0.25, 0.3) is 11.0 Å². The largest absolute Gasteiger partial charge is 0.464 e. The van der Waals surface area contributed by atoms with Gasteiger partial charge in [-0.05, 0) is 56.4 Å². The van der Waals surface area contributed by atoms with Gasteiger partial charge in [-0.2, -0.15) is 0 Å². The number of nitrogens with one attached hydrogen (secondary N) is 1. The van der Waals surface area contributed by atoms with Crippen LogP contribution in [0.5, 0.6) is 0 Å². The molecule has 0 aliphatic heterocycles. The van der Waals surface area contributed by atoms with E-state index >= 15 is 0 Å². The first-order valence-electron chi connectivity index (χ1n) is 9.18. The maximum Gasteiger partial charge on any atom is 0.340 e. The van der Waals surface area contributed by atoms with Crippen molar-refractivity contribution in [1.82, 2.24) is 5.32 Å². The molecule has 1 aromatic heterocycles. The van der Waals surface area contributed by atoms with Crippen molar-refractivity contribution in [2.45, 2.75) is 45.6 Å².